The number of alkyl halides is 3. The molecule has 0 fully saturated rings. The van der Waals surface area contributed by atoms with Gasteiger partial charge < -0.3 is 14.8 Å². The van der Waals surface area contributed by atoms with Crippen LogP contribution in [-0.2, 0) is 4.79 Å². The molecule has 0 atom stereocenters. The van der Waals surface area contributed by atoms with Crippen LogP contribution in [0.4, 0.5) is 13.2 Å². The summed E-state index contributed by atoms with van der Waals surface area (Å²) in [5.74, 6) is 0.273. The second kappa shape index (κ2) is 8.31. The lowest BCUT2D eigenvalue weighted by atomic mass is 10.2. The molecular weight excluding hydrogens is 299 g/mol. The fourth-order valence-corrected chi connectivity index (χ4v) is 1.59. The van der Waals surface area contributed by atoms with Crippen LogP contribution in [0.3, 0.4) is 0 Å². The Morgan fingerprint density at radius 1 is 1.18 bits per heavy atom. The SMILES string of the molecule is CCOc1ccc(C=CC(=O)NCC(F)(F)F)cc1OCC. The van der Waals surface area contributed by atoms with Crippen molar-refractivity contribution in [2.45, 2.75) is 20.0 Å². The van der Waals surface area contributed by atoms with E-state index in [1.807, 2.05) is 13.8 Å². The summed E-state index contributed by atoms with van der Waals surface area (Å²) in [5.41, 5.74) is 0.620. The minimum atomic E-state index is -4.43. The van der Waals surface area contributed by atoms with Crippen LogP contribution in [0.2, 0.25) is 0 Å². The Morgan fingerprint density at radius 2 is 1.82 bits per heavy atom. The highest BCUT2D eigenvalue weighted by Crippen LogP contribution is 2.28. The van der Waals surface area contributed by atoms with Gasteiger partial charge in [-0.05, 0) is 37.6 Å². The Bertz CT molecular complexity index is 527. The van der Waals surface area contributed by atoms with Crippen LogP contribution in [0.15, 0.2) is 24.3 Å². The Balaban J connectivity index is 2.74. The van der Waals surface area contributed by atoms with Gasteiger partial charge in [0.1, 0.15) is 6.54 Å². The monoisotopic (exact) mass is 317 g/mol. The molecular formula is C15H18F3NO3. The molecule has 1 aromatic rings. The van der Waals surface area contributed by atoms with Gasteiger partial charge >= 0.3 is 6.18 Å². The smallest absolute Gasteiger partial charge is 0.405 e. The maximum absolute atomic E-state index is 12.0. The van der Waals surface area contributed by atoms with Gasteiger partial charge in [-0.1, -0.05) is 6.07 Å². The molecule has 0 aliphatic carbocycles. The van der Waals surface area contributed by atoms with Crippen LogP contribution in [-0.4, -0.2) is 31.8 Å². The van der Waals surface area contributed by atoms with Gasteiger partial charge in [0.05, 0.1) is 13.2 Å². The van der Waals surface area contributed by atoms with Crippen LogP contribution in [0, 0.1) is 0 Å². The number of hydrogen-bond acceptors (Lipinski definition) is 3. The number of ether oxygens (including phenoxy) is 2. The highest BCUT2D eigenvalue weighted by Gasteiger charge is 2.27. The Hall–Kier alpha value is -2.18. The van der Waals surface area contributed by atoms with Gasteiger partial charge in [0, 0.05) is 6.08 Å². The van der Waals surface area contributed by atoms with Crippen LogP contribution < -0.4 is 14.8 Å². The van der Waals surface area contributed by atoms with Crippen LogP contribution in [0.25, 0.3) is 6.08 Å². The van der Waals surface area contributed by atoms with Crippen molar-refractivity contribution < 1.29 is 27.4 Å². The van der Waals surface area contributed by atoms with Gasteiger partial charge in [-0.2, -0.15) is 13.2 Å². The summed E-state index contributed by atoms with van der Waals surface area (Å²) in [7, 11) is 0. The first-order chi connectivity index (χ1) is 10.4. The van der Waals surface area contributed by atoms with Crippen LogP contribution in [0.5, 0.6) is 11.5 Å². The van der Waals surface area contributed by atoms with Crippen molar-refractivity contribution in [2.75, 3.05) is 19.8 Å². The zero-order valence-corrected chi connectivity index (χ0v) is 12.4. The van der Waals surface area contributed by atoms with E-state index < -0.39 is 18.6 Å². The Labute approximate surface area is 126 Å². The average molecular weight is 317 g/mol. The minimum Gasteiger partial charge on any atom is -0.490 e. The van der Waals surface area contributed by atoms with E-state index in [0.29, 0.717) is 30.3 Å². The fourth-order valence-electron chi connectivity index (χ4n) is 1.59. The molecule has 0 bridgehead atoms. The van der Waals surface area contributed by atoms with Crippen LogP contribution in [0.1, 0.15) is 19.4 Å². The van der Waals surface area contributed by atoms with Crippen molar-refractivity contribution in [2.24, 2.45) is 0 Å². The third-order valence-electron chi connectivity index (χ3n) is 2.46. The molecule has 1 N–H and O–H groups in total. The van der Waals surface area contributed by atoms with Crippen molar-refractivity contribution in [3.63, 3.8) is 0 Å². The maximum atomic E-state index is 12.0. The van der Waals surface area contributed by atoms with Crippen molar-refractivity contribution in [3.8, 4) is 11.5 Å². The first-order valence-electron chi connectivity index (χ1n) is 6.78. The van der Waals surface area contributed by atoms with Gasteiger partial charge in [0.15, 0.2) is 11.5 Å². The molecule has 1 amide bonds. The molecule has 7 heteroatoms. The highest BCUT2D eigenvalue weighted by atomic mass is 19.4. The topological polar surface area (TPSA) is 47.6 Å². The molecule has 4 nitrogen and oxygen atoms in total. The van der Waals surface area contributed by atoms with Gasteiger partial charge in [-0.3, -0.25) is 4.79 Å². The summed E-state index contributed by atoms with van der Waals surface area (Å²) in [6.07, 6.45) is -1.98. The molecule has 0 unspecified atom stereocenters. The van der Waals surface area contributed by atoms with Gasteiger partial charge in [0.25, 0.3) is 0 Å². The molecule has 1 rings (SSSR count). The number of halogens is 3. The van der Waals surface area contributed by atoms with Crippen molar-refractivity contribution >= 4 is 12.0 Å². The van der Waals surface area contributed by atoms with Gasteiger partial charge in [-0.25, -0.2) is 0 Å². The number of carbonyl (C=O) groups is 1. The summed E-state index contributed by atoms with van der Waals surface area (Å²) >= 11 is 0. The Morgan fingerprint density at radius 3 is 2.41 bits per heavy atom. The molecule has 0 aliphatic rings. The zero-order valence-electron chi connectivity index (χ0n) is 12.4. The van der Waals surface area contributed by atoms with E-state index in [1.165, 1.54) is 6.08 Å². The summed E-state index contributed by atoms with van der Waals surface area (Å²) in [6, 6.07) is 5.02. The number of amides is 1. The largest absolute Gasteiger partial charge is 0.490 e. The molecule has 0 saturated heterocycles. The van der Waals surface area contributed by atoms with Crippen molar-refractivity contribution in [1.29, 1.82) is 0 Å². The van der Waals surface area contributed by atoms with Gasteiger partial charge in [0.2, 0.25) is 5.91 Å². The highest BCUT2D eigenvalue weighted by molar-refractivity contribution is 5.91. The molecule has 0 spiro atoms. The van der Waals surface area contributed by atoms with E-state index in [9.17, 15) is 18.0 Å². The number of hydrogen-bond donors (Lipinski definition) is 1. The Kier molecular flexibility index (Phi) is 6.75. The fraction of sp³-hybridized carbons (Fsp3) is 0.400. The van der Waals surface area contributed by atoms with E-state index >= 15 is 0 Å². The number of nitrogens with one attached hydrogen (secondary N) is 1. The molecule has 0 saturated carbocycles. The number of rotatable bonds is 7. The summed E-state index contributed by atoms with van der Waals surface area (Å²) in [4.78, 5) is 11.3. The van der Waals surface area contributed by atoms with E-state index in [1.54, 1.807) is 23.5 Å². The standard InChI is InChI=1S/C15H18F3NO3/c1-3-21-12-7-5-11(9-13(12)22-4-2)6-8-14(20)19-10-15(16,17)18/h5-9H,3-4,10H2,1-2H3,(H,19,20). The summed E-state index contributed by atoms with van der Waals surface area (Å²) in [6.45, 7) is 3.23. The van der Waals surface area contributed by atoms with Crippen molar-refractivity contribution in [1.82, 2.24) is 5.32 Å². The summed E-state index contributed by atoms with van der Waals surface area (Å²) in [5, 5.41) is 1.76. The normalized spacial score (nSPS) is 11.5. The van der Waals surface area contributed by atoms with Crippen molar-refractivity contribution in [3.05, 3.63) is 29.8 Å². The first-order valence-corrected chi connectivity index (χ1v) is 6.78. The second-order valence-corrected chi connectivity index (χ2v) is 4.24. The molecule has 0 radical (unpaired) electrons. The third-order valence-corrected chi connectivity index (χ3v) is 2.46. The number of carbonyl (C=O) groups excluding carboxylic acids is 1. The third kappa shape index (κ3) is 6.51. The first kappa shape index (κ1) is 17.9. The van der Waals surface area contributed by atoms with Gasteiger partial charge in [-0.15, -0.1) is 0 Å². The molecule has 22 heavy (non-hydrogen) atoms. The lowest BCUT2D eigenvalue weighted by Crippen LogP contribution is -2.32. The summed E-state index contributed by atoms with van der Waals surface area (Å²) < 4.78 is 46.7. The quantitative estimate of drug-likeness (QED) is 0.786. The minimum absolute atomic E-state index is 0.444. The van der Waals surface area contributed by atoms with E-state index in [-0.39, 0.29) is 0 Å². The molecule has 1 aromatic carbocycles. The van der Waals surface area contributed by atoms with E-state index in [0.717, 1.165) is 6.08 Å². The molecule has 0 aromatic heterocycles. The lowest BCUT2D eigenvalue weighted by molar-refractivity contribution is -0.135. The predicted molar refractivity (Wildman–Crippen MR) is 76.9 cm³/mol. The average Bonchev–Trinajstić information content (AvgIpc) is 2.45. The molecule has 0 heterocycles. The van der Waals surface area contributed by atoms with E-state index in [2.05, 4.69) is 0 Å². The molecule has 0 aliphatic heterocycles. The maximum Gasteiger partial charge on any atom is 0.405 e. The predicted octanol–water partition coefficient (Wildman–Crippen LogP) is 3.18. The van der Waals surface area contributed by atoms with E-state index in [4.69, 9.17) is 9.47 Å². The number of benzene rings is 1. The second-order valence-electron chi connectivity index (χ2n) is 4.24. The lowest BCUT2D eigenvalue weighted by Gasteiger charge is -2.11. The molecule has 122 valence electrons. The van der Waals surface area contributed by atoms with Crippen LogP contribution >= 0.6 is 0 Å². The zero-order chi connectivity index (χ0) is 16.6.